The van der Waals surface area contributed by atoms with Gasteiger partial charge in [-0.3, -0.25) is 0 Å². The summed E-state index contributed by atoms with van der Waals surface area (Å²) < 4.78 is 32.3. The number of rotatable bonds is 7. The Kier molecular flexibility index (Phi) is 6.34. The van der Waals surface area contributed by atoms with Gasteiger partial charge in [-0.05, 0) is 42.0 Å². The summed E-state index contributed by atoms with van der Waals surface area (Å²) in [7, 11) is -3.67. The van der Waals surface area contributed by atoms with Crippen LogP contribution in [0.4, 0.5) is 0 Å². The molecule has 0 radical (unpaired) electrons. The summed E-state index contributed by atoms with van der Waals surface area (Å²) in [6.45, 7) is 1.12. The van der Waals surface area contributed by atoms with Crippen LogP contribution in [0.25, 0.3) is 10.8 Å². The second-order valence-corrected chi connectivity index (χ2v) is 10.8. The number of benzene rings is 3. The number of aromatic nitrogens is 1. The molecule has 0 N–H and O–H groups in total. The highest BCUT2D eigenvalue weighted by molar-refractivity contribution is 7.89. The fourth-order valence-corrected chi connectivity index (χ4v) is 6.89. The van der Waals surface area contributed by atoms with Gasteiger partial charge in [0.15, 0.2) is 0 Å². The monoisotopic (exact) mass is 458 g/mol. The van der Waals surface area contributed by atoms with Crippen molar-refractivity contribution in [3.63, 3.8) is 0 Å². The first kappa shape index (κ1) is 21.9. The summed E-state index contributed by atoms with van der Waals surface area (Å²) in [5.74, 6) is 0. The molecule has 5 heteroatoms. The molecule has 1 aromatic heterocycles. The molecule has 5 rings (SSSR count). The van der Waals surface area contributed by atoms with Gasteiger partial charge in [0.25, 0.3) is 0 Å². The lowest BCUT2D eigenvalue weighted by atomic mass is 9.95. The molecule has 3 aromatic carbocycles. The van der Waals surface area contributed by atoms with Crippen LogP contribution in [0, 0.1) is 0 Å². The van der Waals surface area contributed by atoms with E-state index in [-0.39, 0.29) is 6.04 Å². The average Bonchev–Trinajstić information content (AvgIpc) is 3.29. The standard InChI is InChI=1S/C28H30N2O2S/c31-33(32,28-19-9-14-24-13-7-8-18-27(24)28)30(25-15-5-2-6-16-25)22-26-17-10-20-29(26)21-23-11-3-1-4-12-23/h1,3-4,7-14,17-20,25H,2,5-6,15-16,21-22H2. The van der Waals surface area contributed by atoms with Crippen molar-refractivity contribution < 1.29 is 8.42 Å². The molecule has 1 fully saturated rings. The second kappa shape index (κ2) is 9.54. The summed E-state index contributed by atoms with van der Waals surface area (Å²) in [6.07, 6.45) is 7.23. The van der Waals surface area contributed by atoms with Gasteiger partial charge in [0.2, 0.25) is 10.0 Å². The highest BCUT2D eigenvalue weighted by atomic mass is 32.2. The first-order chi connectivity index (χ1) is 16.1. The molecule has 0 atom stereocenters. The van der Waals surface area contributed by atoms with Crippen LogP contribution in [-0.2, 0) is 23.1 Å². The van der Waals surface area contributed by atoms with Crippen LogP contribution in [0.5, 0.6) is 0 Å². The largest absolute Gasteiger partial charge is 0.346 e. The van der Waals surface area contributed by atoms with Crippen LogP contribution in [0.2, 0.25) is 0 Å². The van der Waals surface area contributed by atoms with Crippen molar-refractivity contribution in [3.05, 3.63) is 102 Å². The molecule has 1 saturated carbocycles. The van der Waals surface area contributed by atoms with Gasteiger partial charge in [0.05, 0.1) is 11.4 Å². The average molecular weight is 459 g/mol. The Morgan fingerprint density at radius 1 is 0.788 bits per heavy atom. The van der Waals surface area contributed by atoms with Crippen molar-refractivity contribution in [2.24, 2.45) is 0 Å². The van der Waals surface area contributed by atoms with Crippen LogP contribution in [-0.4, -0.2) is 23.3 Å². The van der Waals surface area contributed by atoms with Crippen molar-refractivity contribution in [2.45, 2.75) is 56.1 Å². The Labute approximate surface area is 196 Å². The van der Waals surface area contributed by atoms with Gasteiger partial charge in [0, 0.05) is 29.9 Å². The SMILES string of the molecule is O=S(=O)(c1cccc2ccccc12)N(Cc1cccn1Cc1ccccc1)C1CCCCC1. The van der Waals surface area contributed by atoms with Gasteiger partial charge in [0.1, 0.15) is 0 Å². The maximum absolute atomic E-state index is 14.2. The van der Waals surface area contributed by atoms with E-state index in [2.05, 4.69) is 22.8 Å². The fourth-order valence-electron chi connectivity index (χ4n) is 5.01. The van der Waals surface area contributed by atoms with Crippen molar-refractivity contribution in [2.75, 3.05) is 0 Å². The summed E-state index contributed by atoms with van der Waals surface area (Å²) in [4.78, 5) is 0.410. The lowest BCUT2D eigenvalue weighted by molar-refractivity contribution is 0.244. The Bertz CT molecular complexity index is 1320. The molecule has 0 aliphatic heterocycles. The van der Waals surface area contributed by atoms with Crippen LogP contribution >= 0.6 is 0 Å². The molecule has 170 valence electrons. The molecule has 0 saturated heterocycles. The summed E-state index contributed by atoms with van der Waals surface area (Å²) in [6, 6.07) is 27.8. The van der Waals surface area contributed by atoms with Crippen molar-refractivity contribution >= 4 is 20.8 Å². The predicted molar refractivity (Wildman–Crippen MR) is 134 cm³/mol. The lowest BCUT2D eigenvalue weighted by Crippen LogP contribution is -2.41. The quantitative estimate of drug-likeness (QED) is 0.330. The summed E-state index contributed by atoms with van der Waals surface area (Å²) >= 11 is 0. The zero-order valence-electron chi connectivity index (χ0n) is 18.8. The van der Waals surface area contributed by atoms with E-state index in [1.54, 1.807) is 10.4 Å². The van der Waals surface area contributed by atoms with E-state index in [9.17, 15) is 8.42 Å². The lowest BCUT2D eigenvalue weighted by Gasteiger charge is -2.34. The van der Waals surface area contributed by atoms with E-state index >= 15 is 0 Å². The molecule has 0 unspecified atom stereocenters. The number of nitrogens with zero attached hydrogens (tertiary/aromatic N) is 2. The number of hydrogen-bond acceptors (Lipinski definition) is 2. The first-order valence-corrected chi connectivity index (χ1v) is 13.2. The smallest absolute Gasteiger partial charge is 0.244 e. The van der Waals surface area contributed by atoms with Gasteiger partial charge >= 0.3 is 0 Å². The van der Waals surface area contributed by atoms with E-state index in [1.165, 1.54) is 12.0 Å². The summed E-state index contributed by atoms with van der Waals surface area (Å²) in [5.41, 5.74) is 2.23. The molecule has 4 nitrogen and oxygen atoms in total. The minimum absolute atomic E-state index is 0.0304. The fraction of sp³-hybridized carbons (Fsp3) is 0.286. The van der Waals surface area contributed by atoms with Gasteiger partial charge in [-0.2, -0.15) is 4.31 Å². The number of sulfonamides is 1. The molecular formula is C28H30N2O2S. The minimum Gasteiger partial charge on any atom is -0.346 e. The predicted octanol–water partition coefficient (Wildman–Crippen LogP) is 6.21. The molecule has 1 heterocycles. The third-order valence-electron chi connectivity index (χ3n) is 6.76. The van der Waals surface area contributed by atoms with Crippen molar-refractivity contribution in [1.82, 2.24) is 8.87 Å². The van der Waals surface area contributed by atoms with E-state index in [1.807, 2.05) is 66.9 Å². The maximum Gasteiger partial charge on any atom is 0.244 e. The molecule has 1 aliphatic carbocycles. The molecule has 0 bridgehead atoms. The highest BCUT2D eigenvalue weighted by Crippen LogP contribution is 2.32. The van der Waals surface area contributed by atoms with Gasteiger partial charge in [-0.1, -0.05) is 86.0 Å². The molecule has 0 amide bonds. The minimum atomic E-state index is -3.67. The van der Waals surface area contributed by atoms with E-state index in [4.69, 9.17) is 0 Å². The number of fused-ring (bicyclic) bond motifs is 1. The normalized spacial score (nSPS) is 15.3. The van der Waals surface area contributed by atoms with Crippen LogP contribution in [0.1, 0.15) is 43.4 Å². The first-order valence-electron chi connectivity index (χ1n) is 11.8. The maximum atomic E-state index is 14.2. The Morgan fingerprint density at radius 2 is 1.52 bits per heavy atom. The molecule has 4 aromatic rings. The highest BCUT2D eigenvalue weighted by Gasteiger charge is 2.34. The molecular weight excluding hydrogens is 428 g/mol. The summed E-state index contributed by atoms with van der Waals surface area (Å²) in [5, 5.41) is 1.75. The van der Waals surface area contributed by atoms with Gasteiger partial charge < -0.3 is 4.57 Å². The van der Waals surface area contributed by atoms with E-state index in [0.29, 0.717) is 11.4 Å². The van der Waals surface area contributed by atoms with Crippen LogP contribution in [0.3, 0.4) is 0 Å². The Balaban J connectivity index is 1.53. The van der Waals surface area contributed by atoms with Gasteiger partial charge in [-0.25, -0.2) is 8.42 Å². The Morgan fingerprint density at radius 3 is 2.33 bits per heavy atom. The second-order valence-electron chi connectivity index (χ2n) is 8.93. The topological polar surface area (TPSA) is 42.3 Å². The molecule has 33 heavy (non-hydrogen) atoms. The van der Waals surface area contributed by atoms with Crippen molar-refractivity contribution in [1.29, 1.82) is 0 Å². The van der Waals surface area contributed by atoms with Crippen LogP contribution < -0.4 is 0 Å². The zero-order chi connectivity index (χ0) is 22.7. The zero-order valence-corrected chi connectivity index (χ0v) is 19.6. The third kappa shape index (κ3) is 4.61. The number of hydrogen-bond donors (Lipinski definition) is 0. The van der Waals surface area contributed by atoms with Crippen LogP contribution in [0.15, 0.2) is 96.0 Å². The van der Waals surface area contributed by atoms with E-state index < -0.39 is 10.0 Å². The van der Waals surface area contributed by atoms with E-state index in [0.717, 1.165) is 48.7 Å². The molecule has 0 spiro atoms. The Hall–Kier alpha value is -2.89. The molecule has 1 aliphatic rings. The van der Waals surface area contributed by atoms with Gasteiger partial charge in [-0.15, -0.1) is 0 Å². The third-order valence-corrected chi connectivity index (χ3v) is 8.71. The van der Waals surface area contributed by atoms with Crippen molar-refractivity contribution in [3.8, 4) is 0 Å².